The van der Waals surface area contributed by atoms with Gasteiger partial charge in [0.2, 0.25) is 11.8 Å². The normalized spacial score (nSPS) is 13.3. The maximum Gasteiger partial charge on any atom is 0.252 e. The van der Waals surface area contributed by atoms with Crippen LogP contribution < -0.4 is 10.6 Å². The summed E-state index contributed by atoms with van der Waals surface area (Å²) in [7, 11) is 3.27. The summed E-state index contributed by atoms with van der Waals surface area (Å²) < 4.78 is 0. The van der Waals surface area contributed by atoms with E-state index >= 15 is 0 Å². The number of fused-ring (bicyclic) bond motifs is 1. The van der Waals surface area contributed by atoms with E-state index in [0.29, 0.717) is 16.1 Å². The highest BCUT2D eigenvalue weighted by molar-refractivity contribution is 7.99. The number of nitrogens with one attached hydrogen (secondary N) is 2. The van der Waals surface area contributed by atoms with E-state index in [1.54, 1.807) is 20.2 Å². The monoisotopic (exact) mass is 386 g/mol. The van der Waals surface area contributed by atoms with Crippen molar-refractivity contribution in [3.05, 3.63) is 35.9 Å². The lowest BCUT2D eigenvalue weighted by molar-refractivity contribution is -0.130. The lowest BCUT2D eigenvalue weighted by Crippen LogP contribution is -2.37. The van der Waals surface area contributed by atoms with Gasteiger partial charge in [-0.05, 0) is 25.0 Å². The van der Waals surface area contributed by atoms with Crippen molar-refractivity contribution in [3.8, 4) is 0 Å². The van der Waals surface area contributed by atoms with Gasteiger partial charge in [-0.3, -0.25) is 14.4 Å². The second-order valence-electron chi connectivity index (χ2n) is 6.63. The lowest BCUT2D eigenvalue weighted by atomic mass is 10.1. The van der Waals surface area contributed by atoms with Gasteiger partial charge in [0.25, 0.3) is 5.91 Å². The number of aromatic nitrogens is 1. The van der Waals surface area contributed by atoms with Crippen LogP contribution in [0.3, 0.4) is 0 Å². The van der Waals surface area contributed by atoms with Gasteiger partial charge >= 0.3 is 0 Å². The molecule has 0 saturated heterocycles. The Hall–Kier alpha value is -2.61. The van der Waals surface area contributed by atoms with E-state index in [0.717, 1.165) is 18.2 Å². The fourth-order valence-electron chi connectivity index (χ4n) is 2.43. The summed E-state index contributed by atoms with van der Waals surface area (Å²) >= 11 is 1.24. The molecule has 1 saturated carbocycles. The summed E-state index contributed by atoms with van der Waals surface area (Å²) in [5, 5.41) is 6.98. The molecule has 2 N–H and O–H groups in total. The van der Waals surface area contributed by atoms with Crippen molar-refractivity contribution < 1.29 is 14.4 Å². The van der Waals surface area contributed by atoms with Gasteiger partial charge in [0, 0.05) is 25.5 Å². The van der Waals surface area contributed by atoms with E-state index in [9.17, 15) is 14.4 Å². The number of para-hydroxylation sites is 1. The van der Waals surface area contributed by atoms with Crippen LogP contribution in [0.4, 0.5) is 0 Å². The summed E-state index contributed by atoms with van der Waals surface area (Å²) in [6.07, 6.45) is 2.03. The van der Waals surface area contributed by atoms with Crippen LogP contribution in [0.15, 0.2) is 35.4 Å². The van der Waals surface area contributed by atoms with Crippen LogP contribution in [-0.2, 0) is 9.59 Å². The van der Waals surface area contributed by atoms with Gasteiger partial charge < -0.3 is 15.5 Å². The zero-order valence-electron chi connectivity index (χ0n) is 15.3. The molecule has 1 aliphatic carbocycles. The minimum atomic E-state index is -0.255. The number of amides is 3. The van der Waals surface area contributed by atoms with Gasteiger partial charge in [0.15, 0.2) is 0 Å². The Morgan fingerprint density at radius 3 is 2.67 bits per heavy atom. The van der Waals surface area contributed by atoms with Crippen LogP contribution >= 0.6 is 11.8 Å². The van der Waals surface area contributed by atoms with Crippen molar-refractivity contribution in [2.45, 2.75) is 23.9 Å². The molecule has 1 aliphatic rings. The maximum atomic E-state index is 12.6. The summed E-state index contributed by atoms with van der Waals surface area (Å²) in [4.78, 5) is 42.0. The van der Waals surface area contributed by atoms with E-state index in [2.05, 4.69) is 15.6 Å². The smallest absolute Gasteiger partial charge is 0.252 e. The minimum Gasteiger partial charge on any atom is -0.349 e. The molecule has 27 heavy (non-hydrogen) atoms. The second kappa shape index (κ2) is 8.39. The van der Waals surface area contributed by atoms with Crippen molar-refractivity contribution in [2.75, 3.05) is 26.4 Å². The van der Waals surface area contributed by atoms with Gasteiger partial charge in [-0.25, -0.2) is 4.98 Å². The summed E-state index contributed by atoms with van der Waals surface area (Å²) in [6.45, 7) is -0.0351. The molecule has 0 bridgehead atoms. The molecule has 0 radical (unpaired) electrons. The highest BCUT2D eigenvalue weighted by atomic mass is 32.2. The number of benzene rings is 1. The Morgan fingerprint density at radius 1 is 1.22 bits per heavy atom. The third kappa shape index (κ3) is 5.19. The molecule has 2 aromatic rings. The Bertz CT molecular complexity index is 880. The third-order valence-corrected chi connectivity index (χ3v) is 5.05. The molecule has 7 nitrogen and oxygen atoms in total. The maximum absolute atomic E-state index is 12.6. The van der Waals surface area contributed by atoms with E-state index in [1.165, 1.54) is 16.7 Å². The summed E-state index contributed by atoms with van der Waals surface area (Å²) in [5.74, 6) is -0.417. The number of rotatable bonds is 7. The first kappa shape index (κ1) is 19.2. The van der Waals surface area contributed by atoms with Gasteiger partial charge in [0.05, 0.1) is 28.4 Å². The first-order valence-corrected chi connectivity index (χ1v) is 9.73. The van der Waals surface area contributed by atoms with Crippen LogP contribution in [0.5, 0.6) is 0 Å². The van der Waals surface area contributed by atoms with Gasteiger partial charge in [-0.1, -0.05) is 30.0 Å². The van der Waals surface area contributed by atoms with E-state index in [4.69, 9.17) is 0 Å². The molecule has 0 spiro atoms. The molecule has 0 atom stereocenters. The fraction of sp³-hybridized carbons (Fsp3) is 0.368. The molecule has 0 unspecified atom stereocenters. The van der Waals surface area contributed by atoms with Crippen LogP contribution in [0.1, 0.15) is 23.2 Å². The SMILES string of the molecule is CN(C)C(=O)CNC(=O)CSc1cc(C(=O)NC2CC2)c2ccccc2n1. The topological polar surface area (TPSA) is 91.4 Å². The molecule has 1 aromatic carbocycles. The molecule has 0 aliphatic heterocycles. The van der Waals surface area contributed by atoms with Crippen molar-refractivity contribution in [3.63, 3.8) is 0 Å². The summed E-state index contributed by atoms with van der Waals surface area (Å²) in [5.41, 5.74) is 1.28. The van der Waals surface area contributed by atoms with Crippen LogP contribution in [0, 0.1) is 0 Å². The molecule has 1 fully saturated rings. The number of thioether (sulfide) groups is 1. The van der Waals surface area contributed by atoms with Gasteiger partial charge in [-0.15, -0.1) is 0 Å². The summed E-state index contributed by atoms with van der Waals surface area (Å²) in [6, 6.07) is 9.45. The Balaban J connectivity index is 1.69. The molecular formula is C19H22N4O3S. The number of hydrogen-bond acceptors (Lipinski definition) is 5. The molecule has 142 valence electrons. The molecule has 1 heterocycles. The average Bonchev–Trinajstić information content (AvgIpc) is 3.47. The Labute approximate surface area is 161 Å². The number of likely N-dealkylation sites (N-methyl/N-ethyl adjacent to an activating group) is 1. The standard InChI is InChI=1S/C19H22N4O3S/c1-23(2)18(25)10-20-16(24)11-27-17-9-14(19(26)21-12-7-8-12)13-5-3-4-6-15(13)22-17/h3-6,9,12H,7-8,10-11H2,1-2H3,(H,20,24)(H,21,26). The fourth-order valence-corrected chi connectivity index (χ4v) is 3.17. The van der Waals surface area contributed by atoms with E-state index in [1.807, 2.05) is 24.3 Å². The number of nitrogens with zero attached hydrogens (tertiary/aromatic N) is 2. The van der Waals surface area contributed by atoms with E-state index in [-0.39, 0.29) is 36.1 Å². The largest absolute Gasteiger partial charge is 0.349 e. The molecular weight excluding hydrogens is 364 g/mol. The Kier molecular flexibility index (Phi) is 5.95. The van der Waals surface area contributed by atoms with Crippen LogP contribution in [-0.4, -0.2) is 60.0 Å². The predicted molar refractivity (Wildman–Crippen MR) is 105 cm³/mol. The lowest BCUT2D eigenvalue weighted by Gasteiger charge is -2.11. The number of carbonyl (C=O) groups excluding carboxylic acids is 3. The van der Waals surface area contributed by atoms with Crippen LogP contribution in [0.2, 0.25) is 0 Å². The first-order chi connectivity index (χ1) is 12.9. The zero-order chi connectivity index (χ0) is 19.4. The Morgan fingerprint density at radius 2 is 1.96 bits per heavy atom. The van der Waals surface area contributed by atoms with Gasteiger partial charge in [0.1, 0.15) is 0 Å². The molecule has 3 amide bonds. The minimum absolute atomic E-state index is 0.0351. The predicted octanol–water partition coefficient (Wildman–Crippen LogP) is 1.42. The molecule has 8 heteroatoms. The van der Waals surface area contributed by atoms with Crippen molar-refractivity contribution in [1.82, 2.24) is 20.5 Å². The van der Waals surface area contributed by atoms with Crippen molar-refractivity contribution >= 4 is 40.4 Å². The van der Waals surface area contributed by atoms with Crippen molar-refractivity contribution in [2.24, 2.45) is 0 Å². The first-order valence-electron chi connectivity index (χ1n) is 8.74. The number of pyridine rings is 1. The third-order valence-electron chi connectivity index (χ3n) is 4.14. The van der Waals surface area contributed by atoms with Crippen molar-refractivity contribution in [1.29, 1.82) is 0 Å². The second-order valence-corrected chi connectivity index (χ2v) is 7.62. The zero-order valence-corrected chi connectivity index (χ0v) is 16.1. The average molecular weight is 386 g/mol. The molecule has 1 aromatic heterocycles. The van der Waals surface area contributed by atoms with E-state index < -0.39 is 0 Å². The number of carbonyl (C=O) groups is 3. The highest BCUT2D eigenvalue weighted by Gasteiger charge is 2.25. The van der Waals surface area contributed by atoms with Crippen LogP contribution in [0.25, 0.3) is 10.9 Å². The number of hydrogen-bond donors (Lipinski definition) is 2. The molecule has 3 rings (SSSR count). The quantitative estimate of drug-likeness (QED) is 0.703. The van der Waals surface area contributed by atoms with Gasteiger partial charge in [-0.2, -0.15) is 0 Å². The highest BCUT2D eigenvalue weighted by Crippen LogP contribution is 2.26.